The molecule has 3 amide bonds. The molecule has 1 heterocycles. The van der Waals surface area contributed by atoms with Crippen molar-refractivity contribution in [2.45, 2.75) is 18.4 Å². The predicted molar refractivity (Wildman–Crippen MR) is 94.4 cm³/mol. The van der Waals surface area contributed by atoms with Crippen LogP contribution in [0.1, 0.15) is 12.8 Å². The number of benzene rings is 2. The maximum atomic E-state index is 13.2. The van der Waals surface area contributed by atoms with Crippen molar-refractivity contribution in [2.24, 2.45) is 0 Å². The number of aliphatic hydroxyl groups excluding tert-OH is 2. The average molecular weight is 340 g/mol. The summed E-state index contributed by atoms with van der Waals surface area (Å²) in [6.07, 6.45) is 0.104. The molecule has 1 aliphatic heterocycles. The van der Waals surface area contributed by atoms with Gasteiger partial charge in [-0.3, -0.25) is 9.69 Å². The highest BCUT2D eigenvalue weighted by molar-refractivity contribution is 6.30. The molecule has 130 valence electrons. The van der Waals surface area contributed by atoms with Gasteiger partial charge in [-0.2, -0.15) is 0 Å². The number of urea groups is 1. The van der Waals surface area contributed by atoms with E-state index in [-0.39, 0.29) is 26.1 Å². The van der Waals surface area contributed by atoms with E-state index in [1.165, 1.54) is 4.90 Å². The van der Waals surface area contributed by atoms with Crippen molar-refractivity contribution in [3.05, 3.63) is 60.7 Å². The summed E-state index contributed by atoms with van der Waals surface area (Å²) in [7, 11) is 0. The van der Waals surface area contributed by atoms with Crippen molar-refractivity contribution < 1.29 is 19.8 Å². The highest BCUT2D eigenvalue weighted by Crippen LogP contribution is 2.40. The lowest BCUT2D eigenvalue weighted by Crippen LogP contribution is -2.51. The van der Waals surface area contributed by atoms with E-state index in [0.29, 0.717) is 11.4 Å². The molecule has 6 heteroatoms. The first-order valence-corrected chi connectivity index (χ1v) is 8.16. The molecule has 0 atom stereocenters. The fourth-order valence-electron chi connectivity index (χ4n) is 3.35. The molecular formula is C19H20N2O4. The fraction of sp³-hybridized carbons (Fsp3) is 0.263. The summed E-state index contributed by atoms with van der Waals surface area (Å²) in [4.78, 5) is 28.9. The number of nitrogens with zero attached hydrogens (tertiary/aromatic N) is 2. The Labute approximate surface area is 145 Å². The zero-order valence-corrected chi connectivity index (χ0v) is 13.7. The Balaban J connectivity index is 2.15. The second-order valence-corrected chi connectivity index (χ2v) is 5.91. The molecule has 1 aliphatic rings. The van der Waals surface area contributed by atoms with Gasteiger partial charge < -0.3 is 10.2 Å². The molecule has 0 aliphatic carbocycles. The average Bonchev–Trinajstić information content (AvgIpc) is 2.84. The van der Waals surface area contributed by atoms with Gasteiger partial charge in [0.25, 0.3) is 5.91 Å². The molecule has 6 nitrogen and oxygen atoms in total. The third-order valence-corrected chi connectivity index (χ3v) is 4.49. The van der Waals surface area contributed by atoms with Gasteiger partial charge in [0.05, 0.1) is 5.69 Å². The van der Waals surface area contributed by atoms with Crippen molar-refractivity contribution in [3.63, 3.8) is 0 Å². The van der Waals surface area contributed by atoms with Crippen LogP contribution in [0.4, 0.5) is 16.2 Å². The molecule has 1 fully saturated rings. The zero-order chi connectivity index (χ0) is 17.9. The number of hydrogen-bond acceptors (Lipinski definition) is 4. The van der Waals surface area contributed by atoms with E-state index in [2.05, 4.69) is 0 Å². The highest BCUT2D eigenvalue weighted by atomic mass is 16.3. The van der Waals surface area contributed by atoms with Crippen LogP contribution in [0.3, 0.4) is 0 Å². The lowest BCUT2D eigenvalue weighted by molar-refractivity contribution is -0.122. The van der Waals surface area contributed by atoms with Crippen molar-refractivity contribution >= 4 is 23.3 Å². The molecule has 2 aromatic carbocycles. The second-order valence-electron chi connectivity index (χ2n) is 5.91. The predicted octanol–water partition coefficient (Wildman–Crippen LogP) is 2.16. The van der Waals surface area contributed by atoms with Crippen LogP contribution in [-0.2, 0) is 4.79 Å². The standard InChI is InChI=1S/C19H20N2O4/c22-13-11-19(12-14-23)17(24)20(15-7-3-1-4-8-15)18(25)21(19)16-9-5-2-6-10-16/h1-10,22-23H,11-14H2. The molecular weight excluding hydrogens is 320 g/mol. The Morgan fingerprint density at radius 2 is 1.24 bits per heavy atom. The van der Waals surface area contributed by atoms with Crippen LogP contribution < -0.4 is 9.80 Å². The summed E-state index contributed by atoms with van der Waals surface area (Å²) in [5.74, 6) is -0.435. The van der Waals surface area contributed by atoms with E-state index in [1.807, 2.05) is 6.07 Å². The van der Waals surface area contributed by atoms with Gasteiger partial charge in [0.1, 0.15) is 5.54 Å². The lowest BCUT2D eigenvalue weighted by Gasteiger charge is -2.34. The number of hydrogen-bond donors (Lipinski definition) is 2. The molecule has 2 aromatic rings. The summed E-state index contributed by atoms with van der Waals surface area (Å²) in [5.41, 5.74) is -0.282. The van der Waals surface area contributed by atoms with E-state index in [1.54, 1.807) is 54.6 Å². The summed E-state index contributed by atoms with van der Waals surface area (Å²) in [6.45, 7) is -0.546. The molecule has 0 radical (unpaired) electrons. The molecule has 3 rings (SSSR count). The SMILES string of the molecule is O=C1N(c2ccccc2)C(=O)C(CCO)(CCO)N1c1ccccc1. The Hall–Kier alpha value is -2.70. The summed E-state index contributed by atoms with van der Waals surface area (Å²) in [6, 6.07) is 17.1. The summed E-state index contributed by atoms with van der Waals surface area (Å²) >= 11 is 0. The topological polar surface area (TPSA) is 81.1 Å². The van der Waals surface area contributed by atoms with Crippen LogP contribution in [0.5, 0.6) is 0 Å². The minimum absolute atomic E-state index is 0.0519. The van der Waals surface area contributed by atoms with Gasteiger partial charge in [-0.1, -0.05) is 36.4 Å². The van der Waals surface area contributed by atoms with Gasteiger partial charge in [-0.15, -0.1) is 0 Å². The smallest absolute Gasteiger partial charge is 0.336 e. The van der Waals surface area contributed by atoms with Gasteiger partial charge in [0, 0.05) is 31.7 Å². The van der Waals surface area contributed by atoms with E-state index in [0.717, 1.165) is 4.90 Å². The van der Waals surface area contributed by atoms with Gasteiger partial charge in [0.2, 0.25) is 0 Å². The van der Waals surface area contributed by atoms with Crippen LogP contribution in [0.15, 0.2) is 60.7 Å². The van der Waals surface area contributed by atoms with Crippen molar-refractivity contribution in [2.75, 3.05) is 23.0 Å². The maximum Gasteiger partial charge on any atom is 0.336 e. The minimum atomic E-state index is -1.31. The Kier molecular flexibility index (Phi) is 4.83. The van der Waals surface area contributed by atoms with E-state index < -0.39 is 17.5 Å². The van der Waals surface area contributed by atoms with Crippen molar-refractivity contribution in [1.82, 2.24) is 0 Å². The molecule has 2 N–H and O–H groups in total. The van der Waals surface area contributed by atoms with Crippen LogP contribution >= 0.6 is 0 Å². The van der Waals surface area contributed by atoms with Gasteiger partial charge in [0.15, 0.2) is 0 Å². The quantitative estimate of drug-likeness (QED) is 0.790. The number of amides is 3. The Morgan fingerprint density at radius 1 is 0.760 bits per heavy atom. The monoisotopic (exact) mass is 340 g/mol. The van der Waals surface area contributed by atoms with Crippen LogP contribution in [-0.4, -0.2) is 40.9 Å². The molecule has 0 saturated carbocycles. The van der Waals surface area contributed by atoms with Gasteiger partial charge >= 0.3 is 6.03 Å². The summed E-state index contributed by atoms with van der Waals surface area (Å²) < 4.78 is 0. The third kappa shape index (κ3) is 2.79. The number of para-hydroxylation sites is 2. The number of carbonyl (C=O) groups excluding carboxylic acids is 2. The van der Waals surface area contributed by atoms with E-state index in [4.69, 9.17) is 0 Å². The number of rotatable bonds is 6. The van der Waals surface area contributed by atoms with Crippen molar-refractivity contribution in [3.8, 4) is 0 Å². The van der Waals surface area contributed by atoms with E-state index in [9.17, 15) is 19.8 Å². The highest BCUT2D eigenvalue weighted by Gasteiger charge is 2.57. The van der Waals surface area contributed by atoms with Crippen molar-refractivity contribution in [1.29, 1.82) is 0 Å². The maximum absolute atomic E-state index is 13.2. The lowest BCUT2D eigenvalue weighted by atomic mass is 9.89. The zero-order valence-electron chi connectivity index (χ0n) is 13.7. The molecule has 0 unspecified atom stereocenters. The van der Waals surface area contributed by atoms with Crippen LogP contribution in [0.2, 0.25) is 0 Å². The first-order valence-electron chi connectivity index (χ1n) is 8.16. The molecule has 0 spiro atoms. The first-order chi connectivity index (χ1) is 12.2. The minimum Gasteiger partial charge on any atom is -0.396 e. The molecule has 0 bridgehead atoms. The second kappa shape index (κ2) is 7.04. The third-order valence-electron chi connectivity index (χ3n) is 4.49. The Bertz CT molecular complexity index is 743. The van der Waals surface area contributed by atoms with E-state index >= 15 is 0 Å². The molecule has 1 saturated heterocycles. The van der Waals surface area contributed by atoms with Crippen LogP contribution in [0.25, 0.3) is 0 Å². The summed E-state index contributed by atoms with van der Waals surface area (Å²) in [5, 5.41) is 19.1. The van der Waals surface area contributed by atoms with Crippen LogP contribution in [0, 0.1) is 0 Å². The normalized spacial score (nSPS) is 16.6. The van der Waals surface area contributed by atoms with Gasteiger partial charge in [-0.05, 0) is 24.3 Å². The number of anilines is 2. The van der Waals surface area contributed by atoms with Gasteiger partial charge in [-0.25, -0.2) is 9.69 Å². The Morgan fingerprint density at radius 3 is 1.72 bits per heavy atom. The fourth-order valence-corrected chi connectivity index (χ4v) is 3.35. The number of carbonyl (C=O) groups is 2. The largest absolute Gasteiger partial charge is 0.396 e. The number of aliphatic hydroxyl groups is 2. The first kappa shape index (κ1) is 17.1. The molecule has 0 aromatic heterocycles. The molecule has 25 heavy (non-hydrogen) atoms. The number of imide groups is 1.